The van der Waals surface area contributed by atoms with Gasteiger partial charge in [0.2, 0.25) is 5.88 Å². The number of nitrogens with zero attached hydrogens (tertiary/aromatic N) is 1. The molecule has 0 spiro atoms. The van der Waals surface area contributed by atoms with Crippen LogP contribution in [0.25, 0.3) is 0 Å². The van der Waals surface area contributed by atoms with Crippen molar-refractivity contribution in [2.24, 2.45) is 5.84 Å². The van der Waals surface area contributed by atoms with Gasteiger partial charge in [0, 0.05) is 12.3 Å². The molecule has 0 saturated heterocycles. The van der Waals surface area contributed by atoms with Crippen molar-refractivity contribution in [3.63, 3.8) is 0 Å². The lowest BCUT2D eigenvalue weighted by Gasteiger charge is -2.04. The molecule has 1 saturated carbocycles. The van der Waals surface area contributed by atoms with Crippen molar-refractivity contribution in [1.29, 1.82) is 0 Å². The Bertz CT molecular complexity index is 273. The molecule has 1 fully saturated rings. The number of rotatable bonds is 3. The fourth-order valence-corrected chi connectivity index (χ4v) is 0.920. The fraction of sp³-hybridized carbons (Fsp3) is 0.375. The number of hydrogen-bond acceptors (Lipinski definition) is 4. The summed E-state index contributed by atoms with van der Waals surface area (Å²) in [4.78, 5) is 4.05. The third-order valence-electron chi connectivity index (χ3n) is 1.71. The predicted molar refractivity (Wildman–Crippen MR) is 45.7 cm³/mol. The highest BCUT2D eigenvalue weighted by Crippen LogP contribution is 2.26. The molecule has 1 aliphatic carbocycles. The topological polar surface area (TPSA) is 60.2 Å². The van der Waals surface area contributed by atoms with Gasteiger partial charge in [0.05, 0.1) is 5.69 Å². The van der Waals surface area contributed by atoms with E-state index in [2.05, 4.69) is 10.4 Å². The highest BCUT2D eigenvalue weighted by molar-refractivity contribution is 5.43. The molecule has 64 valence electrons. The number of ether oxygens (including phenoxy) is 1. The quantitative estimate of drug-likeness (QED) is 0.516. The van der Waals surface area contributed by atoms with Crippen molar-refractivity contribution in [1.82, 2.24) is 4.98 Å². The third-order valence-corrected chi connectivity index (χ3v) is 1.71. The van der Waals surface area contributed by atoms with Crippen molar-refractivity contribution < 1.29 is 4.74 Å². The third kappa shape index (κ3) is 1.65. The molecule has 0 atom stereocenters. The van der Waals surface area contributed by atoms with Gasteiger partial charge in [0.1, 0.15) is 6.10 Å². The Labute approximate surface area is 70.7 Å². The monoisotopic (exact) mass is 165 g/mol. The van der Waals surface area contributed by atoms with Gasteiger partial charge in [-0.15, -0.1) is 0 Å². The Balaban J connectivity index is 2.08. The van der Waals surface area contributed by atoms with Gasteiger partial charge in [-0.05, 0) is 18.9 Å². The summed E-state index contributed by atoms with van der Waals surface area (Å²) in [6.45, 7) is 0. The van der Waals surface area contributed by atoms with E-state index in [1.165, 1.54) is 0 Å². The largest absolute Gasteiger partial charge is 0.474 e. The van der Waals surface area contributed by atoms with Gasteiger partial charge < -0.3 is 10.2 Å². The fourth-order valence-electron chi connectivity index (χ4n) is 0.920. The first kappa shape index (κ1) is 7.36. The van der Waals surface area contributed by atoms with E-state index in [-0.39, 0.29) is 0 Å². The van der Waals surface area contributed by atoms with Crippen molar-refractivity contribution in [3.05, 3.63) is 18.3 Å². The number of pyridine rings is 1. The summed E-state index contributed by atoms with van der Waals surface area (Å²) in [5, 5.41) is 0. The summed E-state index contributed by atoms with van der Waals surface area (Å²) in [6.07, 6.45) is 4.34. The maximum atomic E-state index is 5.46. The van der Waals surface area contributed by atoms with Crippen LogP contribution >= 0.6 is 0 Å². The normalized spacial score (nSPS) is 15.8. The van der Waals surface area contributed by atoms with Crippen LogP contribution in [0.15, 0.2) is 18.3 Å². The van der Waals surface area contributed by atoms with E-state index >= 15 is 0 Å². The molecule has 1 aromatic rings. The number of anilines is 1. The van der Waals surface area contributed by atoms with Gasteiger partial charge in [-0.2, -0.15) is 0 Å². The number of hydrogen-bond donors (Lipinski definition) is 2. The molecule has 1 heterocycles. The number of aromatic nitrogens is 1. The van der Waals surface area contributed by atoms with Crippen LogP contribution in [0.4, 0.5) is 5.69 Å². The first-order valence-corrected chi connectivity index (χ1v) is 3.98. The van der Waals surface area contributed by atoms with Crippen LogP contribution in [0.2, 0.25) is 0 Å². The van der Waals surface area contributed by atoms with Crippen molar-refractivity contribution in [2.75, 3.05) is 5.43 Å². The van der Waals surface area contributed by atoms with Crippen LogP contribution in [0, 0.1) is 0 Å². The average Bonchev–Trinajstić information content (AvgIpc) is 2.89. The second-order valence-corrected chi connectivity index (χ2v) is 2.84. The second kappa shape index (κ2) is 2.98. The molecule has 0 amide bonds. The van der Waals surface area contributed by atoms with Gasteiger partial charge >= 0.3 is 0 Å². The first-order valence-electron chi connectivity index (χ1n) is 3.98. The molecular formula is C8H11N3O. The highest BCUT2D eigenvalue weighted by Gasteiger charge is 2.23. The minimum Gasteiger partial charge on any atom is -0.474 e. The molecule has 0 bridgehead atoms. The molecule has 1 aromatic heterocycles. The van der Waals surface area contributed by atoms with Crippen molar-refractivity contribution >= 4 is 5.69 Å². The van der Waals surface area contributed by atoms with Gasteiger partial charge in [0.25, 0.3) is 0 Å². The smallest absolute Gasteiger partial charge is 0.215 e. The zero-order valence-corrected chi connectivity index (χ0v) is 6.66. The molecule has 1 aliphatic rings. The molecule has 3 N–H and O–H groups in total. The molecule has 0 radical (unpaired) electrons. The Morgan fingerprint density at radius 2 is 2.42 bits per heavy atom. The molecule has 0 aromatic carbocycles. The minimum absolute atomic E-state index is 0.380. The van der Waals surface area contributed by atoms with E-state index in [0.29, 0.717) is 12.0 Å². The second-order valence-electron chi connectivity index (χ2n) is 2.84. The molecule has 0 unspecified atom stereocenters. The Morgan fingerprint density at radius 1 is 1.58 bits per heavy atom. The lowest BCUT2D eigenvalue weighted by Crippen LogP contribution is -2.07. The van der Waals surface area contributed by atoms with E-state index in [9.17, 15) is 0 Å². The molecular weight excluding hydrogens is 154 g/mol. The highest BCUT2D eigenvalue weighted by atomic mass is 16.5. The van der Waals surface area contributed by atoms with Gasteiger partial charge in [-0.25, -0.2) is 4.98 Å². The zero-order valence-electron chi connectivity index (χ0n) is 6.66. The zero-order chi connectivity index (χ0) is 8.39. The molecule has 2 rings (SSSR count). The van der Waals surface area contributed by atoms with Crippen LogP contribution in [0.3, 0.4) is 0 Å². The average molecular weight is 165 g/mol. The van der Waals surface area contributed by atoms with Crippen LogP contribution in [0.5, 0.6) is 5.88 Å². The number of nitrogen functional groups attached to an aromatic ring is 1. The van der Waals surface area contributed by atoms with E-state index in [1.807, 2.05) is 0 Å². The maximum Gasteiger partial charge on any atom is 0.215 e. The van der Waals surface area contributed by atoms with Gasteiger partial charge in [-0.3, -0.25) is 5.84 Å². The van der Waals surface area contributed by atoms with Crippen LogP contribution in [-0.4, -0.2) is 11.1 Å². The van der Waals surface area contributed by atoms with E-state index in [4.69, 9.17) is 10.6 Å². The Kier molecular flexibility index (Phi) is 1.83. The Hall–Kier alpha value is -1.29. The van der Waals surface area contributed by atoms with Crippen LogP contribution in [-0.2, 0) is 0 Å². The number of nitrogens with one attached hydrogen (secondary N) is 1. The van der Waals surface area contributed by atoms with Crippen LogP contribution < -0.4 is 16.0 Å². The van der Waals surface area contributed by atoms with Crippen molar-refractivity contribution in [3.8, 4) is 5.88 Å². The summed E-state index contributed by atoms with van der Waals surface area (Å²) < 4.78 is 5.46. The summed E-state index contributed by atoms with van der Waals surface area (Å²) in [5.41, 5.74) is 3.36. The SMILES string of the molecule is NNc1ccnc(OC2CC2)c1. The van der Waals surface area contributed by atoms with Crippen LogP contribution in [0.1, 0.15) is 12.8 Å². The summed E-state index contributed by atoms with van der Waals surface area (Å²) >= 11 is 0. The first-order chi connectivity index (χ1) is 5.88. The molecule has 4 nitrogen and oxygen atoms in total. The molecule has 4 heteroatoms. The van der Waals surface area contributed by atoms with E-state index in [1.54, 1.807) is 18.3 Å². The maximum absolute atomic E-state index is 5.46. The summed E-state index contributed by atoms with van der Waals surface area (Å²) in [5.74, 6) is 5.88. The number of hydrazine groups is 1. The van der Waals surface area contributed by atoms with Gasteiger partial charge in [-0.1, -0.05) is 0 Å². The summed E-state index contributed by atoms with van der Waals surface area (Å²) in [6, 6.07) is 3.58. The molecule has 0 aliphatic heterocycles. The van der Waals surface area contributed by atoms with E-state index in [0.717, 1.165) is 18.5 Å². The Morgan fingerprint density at radius 3 is 3.08 bits per heavy atom. The molecule has 12 heavy (non-hydrogen) atoms. The van der Waals surface area contributed by atoms with Gasteiger partial charge in [0.15, 0.2) is 0 Å². The number of nitrogens with two attached hydrogens (primary N) is 1. The van der Waals surface area contributed by atoms with E-state index < -0.39 is 0 Å². The summed E-state index contributed by atoms with van der Waals surface area (Å²) in [7, 11) is 0. The predicted octanol–water partition coefficient (Wildman–Crippen LogP) is 0.908. The lowest BCUT2D eigenvalue weighted by molar-refractivity contribution is 0.291. The lowest BCUT2D eigenvalue weighted by atomic mass is 10.4. The standard InChI is InChI=1S/C8H11N3O/c9-11-6-3-4-10-8(5-6)12-7-1-2-7/h3-5,7H,1-2,9H2,(H,10,11). The minimum atomic E-state index is 0.380. The van der Waals surface area contributed by atoms with Crippen molar-refractivity contribution in [2.45, 2.75) is 18.9 Å².